The van der Waals surface area contributed by atoms with E-state index in [4.69, 9.17) is 11.6 Å². The number of thioether (sulfide) groups is 1. The third-order valence-electron chi connectivity index (χ3n) is 5.12. The Morgan fingerprint density at radius 1 is 1.03 bits per heavy atom. The van der Waals surface area contributed by atoms with Gasteiger partial charge in [0, 0.05) is 47.2 Å². The largest absolute Gasteiger partial charge is 0.365 e. The zero-order chi connectivity index (χ0) is 22.1. The van der Waals surface area contributed by atoms with Gasteiger partial charge in [-0.15, -0.1) is 11.8 Å². The first kappa shape index (κ1) is 23.4. The molecule has 0 saturated carbocycles. The summed E-state index contributed by atoms with van der Waals surface area (Å²) in [5.74, 6) is 1.28. The molecule has 0 bridgehead atoms. The first-order valence-corrected chi connectivity index (χ1v) is 11.9. The second-order valence-corrected chi connectivity index (χ2v) is 8.89. The summed E-state index contributed by atoms with van der Waals surface area (Å²) < 4.78 is 1.78. The average Bonchev–Trinajstić information content (AvgIpc) is 2.78. The third-order valence-corrected chi connectivity index (χ3v) is 6.55. The van der Waals surface area contributed by atoms with E-state index in [-0.39, 0.29) is 5.56 Å². The Bertz CT molecular complexity index is 1040. The average molecular weight is 457 g/mol. The van der Waals surface area contributed by atoms with Crippen LogP contribution in [0.1, 0.15) is 16.8 Å². The lowest BCUT2D eigenvalue weighted by Gasteiger charge is -2.13. The Morgan fingerprint density at radius 2 is 1.84 bits per heavy atom. The summed E-state index contributed by atoms with van der Waals surface area (Å²) in [7, 11) is 0. The topological polar surface area (TPSA) is 59.0 Å². The smallest absolute Gasteiger partial charge is 0.293 e. The summed E-state index contributed by atoms with van der Waals surface area (Å²) in [5, 5.41) is 7.42. The Balaban J connectivity index is 1.46. The summed E-state index contributed by atoms with van der Waals surface area (Å²) in [4.78, 5) is 18.3. The fourth-order valence-corrected chi connectivity index (χ4v) is 4.27. The van der Waals surface area contributed by atoms with E-state index in [1.165, 1.54) is 10.5 Å². The highest BCUT2D eigenvalue weighted by Crippen LogP contribution is 2.19. The Hall–Kier alpha value is -2.28. The lowest BCUT2D eigenvalue weighted by atomic mass is 10.1. The third kappa shape index (κ3) is 6.86. The molecule has 0 saturated heterocycles. The fourth-order valence-electron chi connectivity index (χ4n) is 3.29. The zero-order valence-electron chi connectivity index (χ0n) is 18.0. The summed E-state index contributed by atoms with van der Waals surface area (Å²) in [5.41, 5.74) is 3.17. The molecule has 0 unspecified atom stereocenters. The van der Waals surface area contributed by atoms with Gasteiger partial charge in [0.2, 0.25) is 0 Å². The van der Waals surface area contributed by atoms with Gasteiger partial charge in [-0.05, 0) is 56.1 Å². The number of benzene rings is 2. The molecule has 3 rings (SSSR count). The first-order chi connectivity index (χ1) is 15.1. The highest BCUT2D eigenvalue weighted by Gasteiger charge is 2.08. The van der Waals surface area contributed by atoms with Crippen molar-refractivity contribution in [2.24, 2.45) is 0 Å². The number of aromatic nitrogens is 2. The van der Waals surface area contributed by atoms with Gasteiger partial charge in [0.15, 0.2) is 5.82 Å². The molecular weight excluding hydrogens is 428 g/mol. The first-order valence-electron chi connectivity index (χ1n) is 10.5. The molecule has 0 spiro atoms. The molecule has 0 aliphatic heterocycles. The maximum absolute atomic E-state index is 12.8. The molecule has 0 amide bonds. The maximum atomic E-state index is 12.8. The number of hydrogen-bond donors (Lipinski definition) is 2. The Morgan fingerprint density at radius 3 is 2.65 bits per heavy atom. The van der Waals surface area contributed by atoms with Crippen molar-refractivity contribution >= 4 is 29.2 Å². The number of halogens is 1. The fraction of sp³-hybridized carbons (Fsp3) is 0.333. The molecule has 7 heteroatoms. The molecule has 2 N–H and O–H groups in total. The molecule has 0 aliphatic rings. The van der Waals surface area contributed by atoms with Crippen LogP contribution in [-0.4, -0.2) is 34.9 Å². The van der Waals surface area contributed by atoms with Crippen LogP contribution in [0.15, 0.2) is 64.4 Å². The number of nitrogens with zero attached hydrogens (tertiary/aromatic N) is 2. The standard InChI is InChI=1S/C24H29ClN4OS/c1-18-17-28-23(27-14-16-31-21-8-4-3-5-9-21)24(30)29(18)15-13-26-12-11-20-7-6-10-22(25)19(20)2/h3-10,17,26H,11-16H2,1-2H3,(H,27,28). The van der Waals surface area contributed by atoms with E-state index in [0.717, 1.165) is 35.0 Å². The highest BCUT2D eigenvalue weighted by atomic mass is 35.5. The van der Waals surface area contributed by atoms with Crippen LogP contribution in [0.5, 0.6) is 0 Å². The number of rotatable bonds is 11. The van der Waals surface area contributed by atoms with Crippen molar-refractivity contribution in [3.05, 3.63) is 86.9 Å². The van der Waals surface area contributed by atoms with Crippen molar-refractivity contribution in [1.82, 2.24) is 14.9 Å². The van der Waals surface area contributed by atoms with Crippen molar-refractivity contribution in [2.45, 2.75) is 31.7 Å². The van der Waals surface area contributed by atoms with Gasteiger partial charge >= 0.3 is 0 Å². The van der Waals surface area contributed by atoms with Gasteiger partial charge in [-0.2, -0.15) is 0 Å². The van der Waals surface area contributed by atoms with Crippen molar-refractivity contribution < 1.29 is 0 Å². The van der Waals surface area contributed by atoms with Gasteiger partial charge in [0.25, 0.3) is 5.56 Å². The second kappa shape index (κ2) is 11.9. The summed E-state index contributed by atoms with van der Waals surface area (Å²) in [6.45, 7) is 6.80. The molecule has 0 atom stereocenters. The molecule has 31 heavy (non-hydrogen) atoms. The van der Waals surface area contributed by atoms with E-state index in [9.17, 15) is 4.79 Å². The number of aryl methyl sites for hydroxylation is 1. The van der Waals surface area contributed by atoms with Crippen molar-refractivity contribution in [3.8, 4) is 0 Å². The summed E-state index contributed by atoms with van der Waals surface area (Å²) in [6, 6.07) is 16.2. The summed E-state index contributed by atoms with van der Waals surface area (Å²) >= 11 is 7.94. The molecule has 0 fully saturated rings. The van der Waals surface area contributed by atoms with E-state index < -0.39 is 0 Å². The van der Waals surface area contributed by atoms with Crippen LogP contribution in [0, 0.1) is 13.8 Å². The van der Waals surface area contributed by atoms with Crippen LogP contribution in [0.2, 0.25) is 5.02 Å². The molecule has 164 valence electrons. The lowest BCUT2D eigenvalue weighted by Crippen LogP contribution is -2.31. The van der Waals surface area contributed by atoms with Gasteiger partial charge in [-0.3, -0.25) is 4.79 Å². The van der Waals surface area contributed by atoms with E-state index in [1.54, 1.807) is 22.5 Å². The Labute approximate surface area is 193 Å². The van der Waals surface area contributed by atoms with Crippen molar-refractivity contribution in [1.29, 1.82) is 0 Å². The van der Waals surface area contributed by atoms with Crippen LogP contribution in [0.4, 0.5) is 5.82 Å². The van der Waals surface area contributed by atoms with Crippen LogP contribution in [0.25, 0.3) is 0 Å². The molecule has 1 heterocycles. The van der Waals surface area contributed by atoms with Gasteiger partial charge in [-0.25, -0.2) is 4.98 Å². The minimum absolute atomic E-state index is 0.0720. The van der Waals surface area contributed by atoms with Gasteiger partial charge in [0.05, 0.1) is 0 Å². The molecule has 1 aromatic heterocycles. The molecule has 5 nitrogen and oxygen atoms in total. The quantitative estimate of drug-likeness (QED) is 0.327. The van der Waals surface area contributed by atoms with Crippen LogP contribution in [-0.2, 0) is 13.0 Å². The number of anilines is 1. The van der Waals surface area contributed by atoms with Gasteiger partial charge in [0.1, 0.15) is 0 Å². The van der Waals surface area contributed by atoms with Crippen molar-refractivity contribution in [3.63, 3.8) is 0 Å². The van der Waals surface area contributed by atoms with Crippen molar-refractivity contribution in [2.75, 3.05) is 30.7 Å². The molecular formula is C24H29ClN4OS. The monoisotopic (exact) mass is 456 g/mol. The normalized spacial score (nSPS) is 10.9. The minimum Gasteiger partial charge on any atom is -0.365 e. The SMILES string of the molecule is Cc1c(Cl)cccc1CCNCCn1c(C)cnc(NCCSc2ccccc2)c1=O. The number of nitrogens with one attached hydrogen (secondary N) is 2. The number of hydrogen-bond acceptors (Lipinski definition) is 5. The molecule has 2 aromatic carbocycles. The zero-order valence-corrected chi connectivity index (χ0v) is 19.6. The predicted molar refractivity (Wildman–Crippen MR) is 132 cm³/mol. The van der Waals surface area contributed by atoms with E-state index in [0.29, 0.717) is 25.5 Å². The highest BCUT2D eigenvalue weighted by molar-refractivity contribution is 7.99. The second-order valence-electron chi connectivity index (χ2n) is 7.32. The Kier molecular flexibility index (Phi) is 9.00. The van der Waals surface area contributed by atoms with Gasteiger partial charge in [-0.1, -0.05) is 41.9 Å². The minimum atomic E-state index is -0.0720. The molecule has 3 aromatic rings. The predicted octanol–water partition coefficient (Wildman–Crippen LogP) is 4.55. The summed E-state index contributed by atoms with van der Waals surface area (Å²) in [6.07, 6.45) is 2.66. The van der Waals surface area contributed by atoms with E-state index >= 15 is 0 Å². The molecule has 0 radical (unpaired) electrons. The van der Waals surface area contributed by atoms with Crippen LogP contribution in [0.3, 0.4) is 0 Å². The molecule has 0 aliphatic carbocycles. The lowest BCUT2D eigenvalue weighted by molar-refractivity contribution is 0.574. The van der Waals surface area contributed by atoms with E-state index in [2.05, 4.69) is 33.8 Å². The van der Waals surface area contributed by atoms with Crippen LogP contribution < -0.4 is 16.2 Å². The van der Waals surface area contributed by atoms with E-state index in [1.807, 2.05) is 44.2 Å². The maximum Gasteiger partial charge on any atom is 0.293 e. The van der Waals surface area contributed by atoms with Gasteiger partial charge < -0.3 is 15.2 Å². The van der Waals surface area contributed by atoms with Crippen LogP contribution >= 0.6 is 23.4 Å².